The molecular weight excluding hydrogens is 330 g/mol. The molecule has 0 saturated heterocycles. The van der Waals surface area contributed by atoms with Crippen molar-refractivity contribution in [3.05, 3.63) is 24.3 Å². The topological polar surface area (TPSA) is 104 Å². The van der Waals surface area contributed by atoms with Gasteiger partial charge in [0.05, 0.1) is 4.90 Å². The van der Waals surface area contributed by atoms with E-state index in [1.165, 1.54) is 31.2 Å². The Labute approximate surface area is 142 Å². The second-order valence-electron chi connectivity index (χ2n) is 6.24. The number of hydrogen-bond donors (Lipinski definition) is 3. The van der Waals surface area contributed by atoms with Gasteiger partial charge in [0.15, 0.2) is 0 Å². The van der Waals surface area contributed by atoms with Crippen LogP contribution in [0.15, 0.2) is 29.2 Å². The van der Waals surface area contributed by atoms with Crippen LogP contribution in [0.1, 0.15) is 39.5 Å². The van der Waals surface area contributed by atoms with Crippen LogP contribution in [0, 0.1) is 5.92 Å². The molecule has 0 atom stereocenters. The highest BCUT2D eigenvalue weighted by molar-refractivity contribution is 7.90. The summed E-state index contributed by atoms with van der Waals surface area (Å²) < 4.78 is 26.4. The maximum atomic E-state index is 12.2. The van der Waals surface area contributed by atoms with Crippen LogP contribution in [0.3, 0.4) is 0 Å². The highest BCUT2D eigenvalue weighted by Crippen LogP contribution is 2.23. The van der Waals surface area contributed by atoms with Crippen LogP contribution in [0.2, 0.25) is 0 Å². The standard InChI is InChI=1S/C16H23N3O4S/c1-11-3-5-14(6-4-11)18-16(21)19-24(22,23)15-9-7-13(8-10-15)17-12(2)20/h7-11,14H,3-6H2,1-2H3,(H,17,20)(H2,18,19,21). The Kier molecular flexibility index (Phi) is 5.82. The zero-order valence-electron chi connectivity index (χ0n) is 13.8. The zero-order chi connectivity index (χ0) is 17.7. The third kappa shape index (κ3) is 5.23. The van der Waals surface area contributed by atoms with Crippen molar-refractivity contribution < 1.29 is 18.0 Å². The van der Waals surface area contributed by atoms with Gasteiger partial charge in [-0.2, -0.15) is 0 Å². The van der Waals surface area contributed by atoms with Gasteiger partial charge in [0.2, 0.25) is 5.91 Å². The molecule has 0 spiro atoms. The molecule has 0 unspecified atom stereocenters. The molecule has 1 aliphatic carbocycles. The summed E-state index contributed by atoms with van der Waals surface area (Å²) in [6.07, 6.45) is 3.78. The van der Waals surface area contributed by atoms with Crippen molar-refractivity contribution >= 4 is 27.6 Å². The first kappa shape index (κ1) is 18.3. The van der Waals surface area contributed by atoms with Crippen molar-refractivity contribution in [1.29, 1.82) is 0 Å². The zero-order valence-corrected chi connectivity index (χ0v) is 14.7. The lowest BCUT2D eigenvalue weighted by molar-refractivity contribution is -0.114. The molecule has 1 fully saturated rings. The van der Waals surface area contributed by atoms with E-state index in [0.717, 1.165) is 25.7 Å². The molecule has 0 aromatic heterocycles. The summed E-state index contributed by atoms with van der Waals surface area (Å²) in [6.45, 7) is 3.54. The van der Waals surface area contributed by atoms with Crippen molar-refractivity contribution in [2.45, 2.75) is 50.5 Å². The first-order valence-electron chi connectivity index (χ1n) is 7.97. The molecule has 0 aliphatic heterocycles. The molecule has 0 bridgehead atoms. The van der Waals surface area contributed by atoms with Gasteiger partial charge >= 0.3 is 6.03 Å². The van der Waals surface area contributed by atoms with Gasteiger partial charge in [-0.3, -0.25) is 4.79 Å². The monoisotopic (exact) mass is 353 g/mol. The van der Waals surface area contributed by atoms with Crippen molar-refractivity contribution in [1.82, 2.24) is 10.0 Å². The molecule has 7 nitrogen and oxygen atoms in total. The van der Waals surface area contributed by atoms with Gasteiger partial charge in [-0.15, -0.1) is 0 Å². The second kappa shape index (κ2) is 7.65. The third-order valence-corrected chi connectivity index (χ3v) is 5.41. The Morgan fingerprint density at radius 1 is 1.04 bits per heavy atom. The molecule has 8 heteroatoms. The lowest BCUT2D eigenvalue weighted by Gasteiger charge is -2.26. The first-order chi connectivity index (χ1) is 11.3. The SMILES string of the molecule is CC(=O)Nc1ccc(S(=O)(=O)NC(=O)NC2CCC(C)CC2)cc1. The molecule has 0 radical (unpaired) electrons. The van der Waals surface area contributed by atoms with Crippen molar-refractivity contribution in [2.75, 3.05) is 5.32 Å². The summed E-state index contributed by atoms with van der Waals surface area (Å²) in [5, 5.41) is 5.27. The maximum absolute atomic E-state index is 12.2. The van der Waals surface area contributed by atoms with Crippen LogP contribution < -0.4 is 15.4 Å². The fourth-order valence-corrected chi connectivity index (χ4v) is 3.64. The molecule has 1 aliphatic rings. The molecule has 3 amide bonds. The van der Waals surface area contributed by atoms with Gasteiger partial charge in [0, 0.05) is 18.7 Å². The quantitative estimate of drug-likeness (QED) is 0.772. The Morgan fingerprint density at radius 3 is 2.17 bits per heavy atom. The Hall–Kier alpha value is -2.09. The maximum Gasteiger partial charge on any atom is 0.328 e. The first-order valence-corrected chi connectivity index (χ1v) is 9.45. The Balaban J connectivity index is 1.94. The van der Waals surface area contributed by atoms with E-state index >= 15 is 0 Å². The molecule has 1 aromatic rings. The predicted molar refractivity (Wildman–Crippen MR) is 91.0 cm³/mol. The molecule has 2 rings (SSSR count). The fourth-order valence-electron chi connectivity index (χ4n) is 2.72. The van der Waals surface area contributed by atoms with E-state index in [1.807, 2.05) is 4.72 Å². The summed E-state index contributed by atoms with van der Waals surface area (Å²) in [6, 6.07) is 4.91. The van der Waals surface area contributed by atoms with Crippen LogP contribution in [-0.4, -0.2) is 26.4 Å². The van der Waals surface area contributed by atoms with E-state index in [0.29, 0.717) is 11.6 Å². The van der Waals surface area contributed by atoms with Crippen LogP contribution in [-0.2, 0) is 14.8 Å². The number of amides is 3. The molecule has 0 heterocycles. The summed E-state index contributed by atoms with van der Waals surface area (Å²) in [5.41, 5.74) is 0.488. The Bertz CT molecular complexity index is 693. The van der Waals surface area contributed by atoms with Crippen molar-refractivity contribution in [2.24, 2.45) is 5.92 Å². The largest absolute Gasteiger partial charge is 0.335 e. The fraction of sp³-hybridized carbons (Fsp3) is 0.500. The number of sulfonamides is 1. The third-order valence-electron chi connectivity index (χ3n) is 4.06. The van der Waals surface area contributed by atoms with Gasteiger partial charge < -0.3 is 10.6 Å². The molecule has 1 aromatic carbocycles. The minimum Gasteiger partial charge on any atom is -0.335 e. The molecule has 132 valence electrons. The smallest absolute Gasteiger partial charge is 0.328 e. The number of benzene rings is 1. The second-order valence-corrected chi connectivity index (χ2v) is 7.92. The number of nitrogens with one attached hydrogen (secondary N) is 3. The number of carbonyl (C=O) groups is 2. The number of rotatable bonds is 4. The molecule has 24 heavy (non-hydrogen) atoms. The average molecular weight is 353 g/mol. The number of anilines is 1. The lowest BCUT2D eigenvalue weighted by atomic mass is 9.87. The molecule has 3 N–H and O–H groups in total. The van der Waals surface area contributed by atoms with Crippen LogP contribution in [0.4, 0.5) is 10.5 Å². The van der Waals surface area contributed by atoms with E-state index in [4.69, 9.17) is 0 Å². The van der Waals surface area contributed by atoms with Gasteiger partial charge in [-0.25, -0.2) is 17.9 Å². The number of carbonyl (C=O) groups excluding carboxylic acids is 2. The highest BCUT2D eigenvalue weighted by Gasteiger charge is 2.22. The van der Waals surface area contributed by atoms with Gasteiger partial charge in [0.1, 0.15) is 0 Å². The predicted octanol–water partition coefficient (Wildman–Crippen LogP) is 2.21. The van der Waals surface area contributed by atoms with Crippen molar-refractivity contribution in [3.8, 4) is 0 Å². The number of hydrogen-bond acceptors (Lipinski definition) is 4. The van der Waals surface area contributed by atoms with Gasteiger partial charge in [0.25, 0.3) is 10.0 Å². The molecule has 1 saturated carbocycles. The van der Waals surface area contributed by atoms with Crippen molar-refractivity contribution in [3.63, 3.8) is 0 Å². The summed E-state index contributed by atoms with van der Waals surface area (Å²) >= 11 is 0. The van der Waals surface area contributed by atoms with Gasteiger partial charge in [-0.1, -0.05) is 6.92 Å². The number of urea groups is 1. The van der Waals surface area contributed by atoms with Crippen LogP contribution in [0.25, 0.3) is 0 Å². The van der Waals surface area contributed by atoms with Crippen LogP contribution in [0.5, 0.6) is 0 Å². The van der Waals surface area contributed by atoms with E-state index < -0.39 is 16.1 Å². The molecular formula is C16H23N3O4S. The normalized spacial score (nSPS) is 20.9. The highest BCUT2D eigenvalue weighted by atomic mass is 32.2. The van der Waals surface area contributed by atoms with E-state index in [-0.39, 0.29) is 16.8 Å². The minimum absolute atomic E-state index is 0.0125. The summed E-state index contributed by atoms with van der Waals surface area (Å²) in [4.78, 5) is 22.9. The minimum atomic E-state index is -3.94. The average Bonchev–Trinajstić information content (AvgIpc) is 2.49. The van der Waals surface area contributed by atoms with Crippen LogP contribution >= 0.6 is 0 Å². The lowest BCUT2D eigenvalue weighted by Crippen LogP contribution is -2.45. The van der Waals surface area contributed by atoms with E-state index in [9.17, 15) is 18.0 Å². The van der Waals surface area contributed by atoms with E-state index in [2.05, 4.69) is 17.6 Å². The van der Waals surface area contributed by atoms with Gasteiger partial charge in [-0.05, 0) is 55.9 Å². The summed E-state index contributed by atoms with van der Waals surface area (Å²) in [7, 11) is -3.94. The Morgan fingerprint density at radius 2 is 1.62 bits per heavy atom. The summed E-state index contributed by atoms with van der Waals surface area (Å²) in [5.74, 6) is 0.405. The van der Waals surface area contributed by atoms with E-state index in [1.54, 1.807) is 0 Å².